The molecule has 3 aliphatic heterocycles. The molecule has 2 unspecified atom stereocenters. The number of carbonyl (C=O) groups is 5. The second-order valence-corrected chi connectivity index (χ2v) is 29.7. The average Bonchev–Trinajstić information content (AvgIpc) is 1.75. The van der Waals surface area contributed by atoms with Crippen LogP contribution in [0.25, 0.3) is 32.6 Å². The number of rotatable bonds is 27. The fourth-order valence-electron chi connectivity index (χ4n) is 12.1. The van der Waals surface area contributed by atoms with Crippen molar-refractivity contribution in [3.05, 3.63) is 119 Å². The Morgan fingerprint density at radius 3 is 2.23 bits per heavy atom. The van der Waals surface area contributed by atoms with Crippen LogP contribution in [0.15, 0.2) is 84.6 Å². The number of aromatic nitrogens is 3. The zero-order chi connectivity index (χ0) is 67.2. The zero-order valence-electron chi connectivity index (χ0n) is 54.7. The summed E-state index contributed by atoms with van der Waals surface area (Å²) in [4.78, 5) is 89.2. The molecule has 3 aromatic carbocycles. The van der Waals surface area contributed by atoms with Gasteiger partial charge in [0, 0.05) is 113 Å². The number of ether oxygens (including phenoxy) is 3. The topological polar surface area (TPSA) is 238 Å². The van der Waals surface area contributed by atoms with E-state index in [4.69, 9.17) is 14.2 Å². The first-order valence-corrected chi connectivity index (χ1v) is 34.0. The number of fused-ring (bicyclic) bond motifs is 1. The predicted octanol–water partition coefficient (Wildman–Crippen LogP) is 9.81. The van der Waals surface area contributed by atoms with Crippen LogP contribution >= 0.6 is 11.3 Å². The second kappa shape index (κ2) is 29.7. The SMILES string of the molecule is Cc1ncsc1-c1ccc(CNC(=O)[C@@H]2C[C@@H](CC(=O)CC(C)OC(C)(C)CCOC(C)(C)C)CN2C(=O)C(NC(=O)COCCN2CCN(c3ccc(-c4cnc5[nH]cc(C(=O)c6c(F)ccc(NS(=O)(=O)N7CC[C@@H](F)C7)c6F)c5c4)cc3)CC2)C(C)(C)C)cc1. The molecule has 4 N–H and O–H groups in total. The van der Waals surface area contributed by atoms with Gasteiger partial charge < -0.3 is 39.6 Å². The maximum Gasteiger partial charge on any atom is 0.301 e. The van der Waals surface area contributed by atoms with E-state index in [-0.39, 0.29) is 93.4 Å². The number of benzene rings is 3. The molecule has 93 heavy (non-hydrogen) atoms. The molecule has 3 aliphatic rings. The molecular weight excluding hydrogens is 1240 g/mol. The lowest BCUT2D eigenvalue weighted by Gasteiger charge is -2.36. The van der Waals surface area contributed by atoms with Gasteiger partial charge in [-0.1, -0.05) is 57.2 Å². The third kappa shape index (κ3) is 18.2. The molecule has 0 saturated carbocycles. The number of carbonyl (C=O) groups excluding carboxylic acids is 5. The number of nitrogens with one attached hydrogen (secondary N) is 4. The molecule has 9 rings (SSSR count). The van der Waals surface area contributed by atoms with Gasteiger partial charge in [0.1, 0.15) is 42.1 Å². The summed E-state index contributed by atoms with van der Waals surface area (Å²) < 4.78 is 91.8. The van der Waals surface area contributed by atoms with E-state index in [1.165, 1.54) is 11.1 Å². The number of hydrogen-bond donors (Lipinski definition) is 4. The van der Waals surface area contributed by atoms with E-state index in [1.54, 1.807) is 23.6 Å². The van der Waals surface area contributed by atoms with Crippen LogP contribution in [0.1, 0.15) is 122 Å². The summed E-state index contributed by atoms with van der Waals surface area (Å²) in [5.74, 6) is -5.22. The Hall–Kier alpha value is -7.13. The minimum absolute atomic E-state index is 0.0164. The Kier molecular flexibility index (Phi) is 22.4. The standard InChI is InChI=1S/C68H87F3N10O10S2/c1-42(91-68(9,10)22-29-90-67(6,7)8)31-51(82)32-45-33-56(64(85)74-35-44-11-13-47(14-12-44)61-43(2)75-41-92-61)81(38-45)65(86)62(66(3,4)5)76-57(83)40-89-30-28-78-24-26-79(27-25-78)50-17-15-46(16-18-50)48-34-52-53(37-73-63(52)72-36-48)60(84)58-54(70)19-20-55(59(58)71)77-93(87,88)80-23-21-49(69)39-80/h11-20,34,36-37,41-42,45,49,56,62,77H,21-33,35,38-40H2,1-10H3,(H,72,73)(H,74,85)(H,76,83)/t42?,45-,49-,56+,62?/m1/s1. The minimum atomic E-state index is -4.39. The van der Waals surface area contributed by atoms with Crippen molar-refractivity contribution in [1.29, 1.82) is 0 Å². The van der Waals surface area contributed by atoms with E-state index in [1.807, 2.05) is 128 Å². The Bertz CT molecular complexity index is 3750. The molecule has 6 heterocycles. The van der Waals surface area contributed by atoms with Gasteiger partial charge in [-0.3, -0.25) is 33.6 Å². The van der Waals surface area contributed by atoms with Gasteiger partial charge in [-0.15, -0.1) is 11.3 Å². The summed E-state index contributed by atoms with van der Waals surface area (Å²) in [5, 5.41) is 6.29. The van der Waals surface area contributed by atoms with Gasteiger partial charge in [0.15, 0.2) is 5.82 Å². The molecule has 5 atom stereocenters. The van der Waals surface area contributed by atoms with Crippen molar-refractivity contribution < 1.29 is 59.8 Å². The van der Waals surface area contributed by atoms with Crippen molar-refractivity contribution in [1.82, 2.24) is 39.7 Å². The van der Waals surface area contributed by atoms with E-state index in [0.29, 0.717) is 62.3 Å². The molecule has 0 radical (unpaired) electrons. The normalized spacial score (nSPS) is 18.4. The Labute approximate surface area is 546 Å². The molecule has 3 aromatic heterocycles. The first-order valence-electron chi connectivity index (χ1n) is 31.7. The molecular formula is C68H87F3N10O10S2. The van der Waals surface area contributed by atoms with Gasteiger partial charge in [0.25, 0.3) is 0 Å². The number of Topliss-reactive ketones (excluding diaryl/α,β-unsaturated/α-hetero) is 1. The van der Waals surface area contributed by atoms with E-state index < -0.39 is 86.5 Å². The molecule has 20 nitrogen and oxygen atoms in total. The quantitative estimate of drug-likeness (QED) is 0.0277. The number of aryl methyl sites for hydroxylation is 1. The number of amides is 3. The maximum atomic E-state index is 15.9. The number of alkyl halides is 1. The Morgan fingerprint density at radius 2 is 1.57 bits per heavy atom. The van der Waals surface area contributed by atoms with Crippen LogP contribution in [0.4, 0.5) is 24.5 Å². The van der Waals surface area contributed by atoms with Crippen LogP contribution in [0.3, 0.4) is 0 Å². The van der Waals surface area contributed by atoms with Gasteiger partial charge >= 0.3 is 10.2 Å². The van der Waals surface area contributed by atoms with E-state index in [0.717, 1.165) is 49.4 Å². The molecule has 0 bridgehead atoms. The van der Waals surface area contributed by atoms with Crippen molar-refractivity contribution in [2.75, 3.05) is 81.8 Å². The molecule has 3 saturated heterocycles. The van der Waals surface area contributed by atoms with Gasteiger partial charge in [-0.25, -0.2) is 23.1 Å². The monoisotopic (exact) mass is 1320 g/mol. The molecule has 3 fully saturated rings. The third-order valence-electron chi connectivity index (χ3n) is 17.1. The van der Waals surface area contributed by atoms with Crippen LogP contribution in [0.2, 0.25) is 0 Å². The van der Waals surface area contributed by atoms with E-state index >= 15 is 8.78 Å². The number of anilines is 2. The molecule has 25 heteroatoms. The van der Waals surface area contributed by atoms with Crippen LogP contribution in [0, 0.1) is 29.9 Å². The van der Waals surface area contributed by atoms with Gasteiger partial charge in [0.05, 0.1) is 51.2 Å². The lowest BCUT2D eigenvalue weighted by atomic mass is 9.85. The summed E-state index contributed by atoms with van der Waals surface area (Å²) in [6.45, 7) is 23.1. The molecule has 6 aromatic rings. The number of thiazole rings is 1. The summed E-state index contributed by atoms with van der Waals surface area (Å²) in [6.07, 6.45) is 2.38. The maximum absolute atomic E-state index is 15.9. The highest BCUT2D eigenvalue weighted by molar-refractivity contribution is 7.90. The highest BCUT2D eigenvalue weighted by Gasteiger charge is 2.45. The van der Waals surface area contributed by atoms with Crippen molar-refractivity contribution in [3.63, 3.8) is 0 Å². The number of nitrogens with zero attached hydrogens (tertiary/aromatic N) is 6. The van der Waals surface area contributed by atoms with Gasteiger partial charge in [-0.2, -0.15) is 12.7 Å². The number of ketones is 2. The first-order chi connectivity index (χ1) is 43.9. The number of aromatic amines is 1. The second-order valence-electron chi connectivity index (χ2n) is 27.2. The average molecular weight is 1330 g/mol. The zero-order valence-corrected chi connectivity index (χ0v) is 56.3. The smallest absolute Gasteiger partial charge is 0.301 e. The fraction of sp³-hybridized carbons (Fsp3) is 0.515. The summed E-state index contributed by atoms with van der Waals surface area (Å²) in [5.41, 5.74) is 4.02. The molecule has 0 spiro atoms. The van der Waals surface area contributed by atoms with Crippen LogP contribution in [0.5, 0.6) is 0 Å². The molecule has 3 amide bonds. The van der Waals surface area contributed by atoms with E-state index in [2.05, 4.69) is 35.4 Å². The Balaban J connectivity index is 0.763. The lowest BCUT2D eigenvalue weighted by molar-refractivity contribution is -0.144. The van der Waals surface area contributed by atoms with Crippen molar-refractivity contribution >= 4 is 73.2 Å². The summed E-state index contributed by atoms with van der Waals surface area (Å²) in [6, 6.07) is 17.1. The molecule has 0 aliphatic carbocycles. The first kappa shape index (κ1) is 70.2. The number of halogens is 3. The Morgan fingerprint density at radius 1 is 0.860 bits per heavy atom. The number of pyridine rings is 1. The van der Waals surface area contributed by atoms with Gasteiger partial charge in [0.2, 0.25) is 23.5 Å². The summed E-state index contributed by atoms with van der Waals surface area (Å²) >= 11 is 1.56. The predicted molar refractivity (Wildman–Crippen MR) is 353 cm³/mol. The third-order valence-corrected chi connectivity index (χ3v) is 19.6. The number of hydrogen-bond acceptors (Lipinski definition) is 15. The van der Waals surface area contributed by atoms with E-state index in [9.17, 15) is 36.8 Å². The van der Waals surface area contributed by atoms with Crippen LogP contribution in [-0.4, -0.2) is 175 Å². The largest absolute Gasteiger partial charge is 0.376 e. The van der Waals surface area contributed by atoms with Crippen LogP contribution < -0.4 is 20.3 Å². The van der Waals surface area contributed by atoms with Crippen LogP contribution in [-0.2, 0) is 50.1 Å². The minimum Gasteiger partial charge on any atom is -0.376 e. The van der Waals surface area contributed by atoms with Crippen molar-refractivity contribution in [2.45, 2.75) is 143 Å². The highest BCUT2D eigenvalue weighted by atomic mass is 32.2. The lowest BCUT2D eigenvalue weighted by Crippen LogP contribution is -2.58. The number of likely N-dealkylation sites (tertiary alicyclic amines) is 1. The highest BCUT2D eigenvalue weighted by Crippen LogP contribution is 2.35. The summed E-state index contributed by atoms with van der Waals surface area (Å²) in [7, 11) is -4.39. The van der Waals surface area contributed by atoms with Crippen molar-refractivity contribution in [3.8, 4) is 21.6 Å². The van der Waals surface area contributed by atoms with Crippen molar-refractivity contribution in [2.24, 2.45) is 11.3 Å². The molecule has 502 valence electrons. The fourth-order valence-corrected chi connectivity index (χ4v) is 14.2. The van der Waals surface area contributed by atoms with Gasteiger partial charge in [-0.05, 0) is 126 Å². The number of H-pyrrole nitrogens is 1. The number of piperazine rings is 1.